The van der Waals surface area contributed by atoms with Crippen molar-refractivity contribution in [2.75, 3.05) is 19.7 Å². The molecule has 1 unspecified atom stereocenters. The van der Waals surface area contributed by atoms with Crippen molar-refractivity contribution in [1.29, 1.82) is 0 Å². The number of carbonyl (C=O) groups is 1. The average Bonchev–Trinajstić information content (AvgIpc) is 2.94. The Morgan fingerprint density at radius 3 is 2.12 bits per heavy atom. The second-order valence-electron chi connectivity index (χ2n) is 7.14. The molecule has 0 aromatic rings. The number of rotatable bonds is 16. The fourth-order valence-corrected chi connectivity index (χ4v) is 3.52. The Morgan fingerprint density at radius 1 is 1.04 bits per heavy atom. The molecule has 0 aromatic carbocycles. The number of carboxylic acids is 1. The van der Waals surface area contributed by atoms with Gasteiger partial charge in [0.15, 0.2) is 0 Å². The smallest absolute Gasteiger partial charge is 0.207 e. The molecule has 0 saturated carbocycles. The Balaban J connectivity index is 2.13. The van der Waals surface area contributed by atoms with Gasteiger partial charge in [-0.3, -0.25) is 0 Å². The lowest BCUT2D eigenvalue weighted by Gasteiger charge is -2.32. The number of aliphatic hydroxyl groups excluding tert-OH is 1. The molecule has 0 radical (unpaired) electrons. The molecule has 1 aliphatic rings. The normalized spacial score (nSPS) is 19.4. The standard InChI is InChI=1S/C20H36N2O3/c1-2-3-4-5-6-7-8-9-10-11-12-13-19-21-14-15-22(19,16-17-23)18-20(24)25/h14-15,23H,2-13,16-18H2,1H3. The van der Waals surface area contributed by atoms with Gasteiger partial charge in [0.05, 0.1) is 18.8 Å². The Hall–Kier alpha value is -1.20. The van der Waals surface area contributed by atoms with E-state index in [-0.39, 0.29) is 17.6 Å². The third kappa shape index (κ3) is 8.63. The minimum absolute atomic E-state index is 0.0606. The van der Waals surface area contributed by atoms with Crippen molar-refractivity contribution >= 4 is 11.8 Å². The summed E-state index contributed by atoms with van der Waals surface area (Å²) in [4.78, 5) is 15.4. The van der Waals surface area contributed by atoms with Gasteiger partial charge in [0.1, 0.15) is 19.3 Å². The fourth-order valence-electron chi connectivity index (χ4n) is 3.52. The summed E-state index contributed by atoms with van der Waals surface area (Å²) in [6.45, 7) is 2.39. The minimum Gasteiger partial charge on any atom is -0.544 e. The van der Waals surface area contributed by atoms with Crippen molar-refractivity contribution in [3.8, 4) is 0 Å². The highest BCUT2D eigenvalue weighted by atomic mass is 16.4. The van der Waals surface area contributed by atoms with Gasteiger partial charge in [-0.2, -0.15) is 0 Å². The number of quaternary nitrogens is 1. The van der Waals surface area contributed by atoms with E-state index in [2.05, 4.69) is 11.9 Å². The molecule has 5 heteroatoms. The van der Waals surface area contributed by atoms with Crippen molar-refractivity contribution in [2.45, 2.75) is 84.0 Å². The van der Waals surface area contributed by atoms with E-state index < -0.39 is 5.97 Å². The fraction of sp³-hybridized carbons (Fsp3) is 0.800. The summed E-state index contributed by atoms with van der Waals surface area (Å²) in [5.41, 5.74) is 0. The predicted octanol–water partition coefficient (Wildman–Crippen LogP) is 3.13. The number of aliphatic imine (C=N–C) groups is 1. The Labute approximate surface area is 153 Å². The zero-order valence-electron chi connectivity index (χ0n) is 15.9. The lowest BCUT2D eigenvalue weighted by Crippen LogP contribution is -2.54. The number of hydrogen-bond donors (Lipinski definition) is 1. The van der Waals surface area contributed by atoms with Crippen LogP contribution in [0.4, 0.5) is 0 Å². The highest BCUT2D eigenvalue weighted by molar-refractivity contribution is 5.80. The largest absolute Gasteiger partial charge is 0.544 e. The first-order chi connectivity index (χ1) is 12.1. The first kappa shape index (κ1) is 21.8. The Morgan fingerprint density at radius 2 is 1.60 bits per heavy atom. The second kappa shape index (κ2) is 13.1. The van der Waals surface area contributed by atoms with E-state index in [1.54, 1.807) is 12.4 Å². The molecular formula is C20H36N2O3. The topological polar surface area (TPSA) is 72.7 Å². The van der Waals surface area contributed by atoms with Gasteiger partial charge in [0, 0.05) is 6.42 Å². The molecule has 0 amide bonds. The number of carbonyl (C=O) groups excluding carboxylic acids is 1. The Bertz CT molecular complexity index is 435. The van der Waals surface area contributed by atoms with Crippen LogP contribution in [0.1, 0.15) is 84.0 Å². The lowest BCUT2D eigenvalue weighted by molar-refractivity contribution is -0.783. The van der Waals surface area contributed by atoms with E-state index >= 15 is 0 Å². The maximum absolute atomic E-state index is 11.0. The summed E-state index contributed by atoms with van der Waals surface area (Å²) in [5.74, 6) is -0.263. The van der Waals surface area contributed by atoms with Crippen molar-refractivity contribution in [1.82, 2.24) is 0 Å². The summed E-state index contributed by atoms with van der Waals surface area (Å²) in [6.07, 6.45) is 18.4. The van der Waals surface area contributed by atoms with Gasteiger partial charge in [-0.25, -0.2) is 9.48 Å². The van der Waals surface area contributed by atoms with Gasteiger partial charge in [0.25, 0.3) is 0 Å². The molecule has 1 heterocycles. The molecule has 1 N–H and O–H groups in total. The summed E-state index contributed by atoms with van der Waals surface area (Å²) >= 11 is 0. The Kier molecular flexibility index (Phi) is 11.4. The van der Waals surface area contributed by atoms with E-state index in [4.69, 9.17) is 0 Å². The molecular weight excluding hydrogens is 316 g/mol. The van der Waals surface area contributed by atoms with E-state index in [0.29, 0.717) is 6.54 Å². The second-order valence-corrected chi connectivity index (χ2v) is 7.14. The molecule has 1 rings (SSSR count). The van der Waals surface area contributed by atoms with Crippen LogP contribution in [0.2, 0.25) is 0 Å². The third-order valence-electron chi connectivity index (χ3n) is 5.00. The van der Waals surface area contributed by atoms with Crippen molar-refractivity contribution in [2.24, 2.45) is 4.99 Å². The predicted molar refractivity (Wildman–Crippen MR) is 99.7 cm³/mol. The summed E-state index contributed by atoms with van der Waals surface area (Å²) in [6, 6.07) is 0. The van der Waals surface area contributed by atoms with Gasteiger partial charge in [-0.15, -0.1) is 0 Å². The molecule has 0 fully saturated rings. The number of unbranched alkanes of at least 4 members (excludes halogenated alkanes) is 10. The summed E-state index contributed by atoms with van der Waals surface area (Å²) in [7, 11) is 0. The van der Waals surface area contributed by atoms with Crippen LogP contribution in [-0.4, -0.2) is 41.1 Å². The van der Waals surface area contributed by atoms with E-state index in [0.717, 1.165) is 25.1 Å². The van der Waals surface area contributed by atoms with Crippen LogP contribution in [-0.2, 0) is 4.79 Å². The van der Waals surface area contributed by atoms with Gasteiger partial charge >= 0.3 is 0 Å². The molecule has 1 atom stereocenters. The highest BCUT2D eigenvalue weighted by Gasteiger charge is 2.34. The van der Waals surface area contributed by atoms with Crippen LogP contribution < -0.4 is 5.11 Å². The van der Waals surface area contributed by atoms with Crippen LogP contribution in [0.15, 0.2) is 17.4 Å². The van der Waals surface area contributed by atoms with Crippen molar-refractivity contribution in [3.63, 3.8) is 0 Å². The number of carboxylic acid groups (broad SMARTS) is 1. The van der Waals surface area contributed by atoms with Gasteiger partial charge in [-0.1, -0.05) is 71.1 Å². The van der Waals surface area contributed by atoms with Gasteiger partial charge in [-0.05, 0) is 6.42 Å². The molecule has 0 aliphatic carbocycles. The molecule has 25 heavy (non-hydrogen) atoms. The minimum atomic E-state index is -1.10. The van der Waals surface area contributed by atoms with E-state index in [1.165, 1.54) is 57.8 Å². The first-order valence-electron chi connectivity index (χ1n) is 10.1. The average molecular weight is 353 g/mol. The van der Waals surface area contributed by atoms with Crippen LogP contribution in [0, 0.1) is 0 Å². The van der Waals surface area contributed by atoms with Crippen LogP contribution >= 0.6 is 0 Å². The number of aliphatic hydroxyl groups is 1. The number of hydrogen-bond acceptors (Lipinski definition) is 4. The van der Waals surface area contributed by atoms with Crippen molar-refractivity contribution in [3.05, 3.63) is 12.4 Å². The number of nitrogens with zero attached hydrogens (tertiary/aromatic N) is 2. The van der Waals surface area contributed by atoms with Gasteiger partial charge < -0.3 is 15.0 Å². The van der Waals surface area contributed by atoms with Crippen LogP contribution in [0.25, 0.3) is 0 Å². The van der Waals surface area contributed by atoms with E-state index in [1.807, 2.05) is 0 Å². The van der Waals surface area contributed by atoms with Gasteiger partial charge in [0.2, 0.25) is 5.84 Å². The molecule has 0 bridgehead atoms. The molecule has 144 valence electrons. The molecule has 0 spiro atoms. The summed E-state index contributed by atoms with van der Waals surface area (Å²) in [5, 5.41) is 20.3. The lowest BCUT2D eigenvalue weighted by atomic mass is 10.0. The van der Waals surface area contributed by atoms with Crippen LogP contribution in [0.3, 0.4) is 0 Å². The third-order valence-corrected chi connectivity index (χ3v) is 5.00. The highest BCUT2D eigenvalue weighted by Crippen LogP contribution is 2.21. The maximum Gasteiger partial charge on any atom is 0.207 e. The molecule has 5 nitrogen and oxygen atoms in total. The SMILES string of the molecule is CCCCCCCCCCCCCC1=NC=C[N+]1(CCO)CC(=O)[O-]. The van der Waals surface area contributed by atoms with Crippen LogP contribution in [0.5, 0.6) is 0 Å². The summed E-state index contributed by atoms with van der Waals surface area (Å²) < 4.78 is 0.122. The zero-order chi connectivity index (χ0) is 18.4. The number of amidine groups is 1. The molecule has 1 aliphatic heterocycles. The molecule has 0 saturated heterocycles. The monoisotopic (exact) mass is 352 g/mol. The van der Waals surface area contributed by atoms with Crippen molar-refractivity contribution < 1.29 is 19.5 Å². The van der Waals surface area contributed by atoms with E-state index in [9.17, 15) is 15.0 Å². The zero-order valence-corrected chi connectivity index (χ0v) is 15.9. The molecule has 0 aromatic heterocycles. The first-order valence-corrected chi connectivity index (χ1v) is 10.1. The quantitative estimate of drug-likeness (QED) is 0.343. The maximum atomic E-state index is 11.0. The number of aliphatic carboxylic acids is 1.